The number of aromatic hydroxyl groups is 1. The molecule has 1 aromatic heterocycles. The summed E-state index contributed by atoms with van der Waals surface area (Å²) in [6.07, 6.45) is 3.54. The average Bonchev–Trinajstić information content (AvgIpc) is 2.97. The maximum Gasteiger partial charge on any atom is 0.261 e. The second-order valence-electron chi connectivity index (χ2n) is 4.70. The molecule has 1 N–H and O–H groups in total. The van der Waals surface area contributed by atoms with Gasteiger partial charge in [0, 0.05) is 6.07 Å². The minimum absolute atomic E-state index is 0.0795. The largest absolute Gasteiger partial charge is 0.507 e. The molecule has 1 saturated heterocycles. The molecule has 0 bridgehead atoms. The summed E-state index contributed by atoms with van der Waals surface area (Å²) >= 11 is 1.87. The molecule has 0 radical (unpaired) electrons. The first-order valence-electron chi connectivity index (χ1n) is 6.60. The molecule has 1 aromatic carbocycles. The Morgan fingerprint density at radius 3 is 3.00 bits per heavy atom. The van der Waals surface area contributed by atoms with E-state index in [4.69, 9.17) is 9.26 Å². The topological polar surface area (TPSA) is 68.4 Å². The second kappa shape index (κ2) is 5.75. The van der Waals surface area contributed by atoms with E-state index in [1.807, 2.05) is 11.8 Å². The molecular weight excluding hydrogens is 276 g/mol. The summed E-state index contributed by atoms with van der Waals surface area (Å²) in [6.45, 7) is 0. The number of thioether (sulfide) groups is 1. The van der Waals surface area contributed by atoms with E-state index in [-0.39, 0.29) is 5.75 Å². The van der Waals surface area contributed by atoms with Crippen LogP contribution in [0.3, 0.4) is 0 Å². The van der Waals surface area contributed by atoms with Gasteiger partial charge in [0.2, 0.25) is 0 Å². The Kier molecular flexibility index (Phi) is 3.82. The second-order valence-corrected chi connectivity index (χ2v) is 6.01. The van der Waals surface area contributed by atoms with Gasteiger partial charge in [-0.25, -0.2) is 0 Å². The lowest BCUT2D eigenvalue weighted by Crippen LogP contribution is -2.03. The predicted molar refractivity (Wildman–Crippen MR) is 77.0 cm³/mol. The first-order valence-corrected chi connectivity index (χ1v) is 7.65. The van der Waals surface area contributed by atoms with Crippen LogP contribution in [0.2, 0.25) is 0 Å². The predicted octanol–water partition coefficient (Wildman–Crippen LogP) is 3.41. The molecule has 6 heteroatoms. The van der Waals surface area contributed by atoms with E-state index >= 15 is 0 Å². The zero-order valence-electron chi connectivity index (χ0n) is 11.2. The molecule has 0 spiro atoms. The van der Waals surface area contributed by atoms with Crippen molar-refractivity contribution in [3.05, 3.63) is 24.0 Å². The Labute approximate surface area is 121 Å². The molecule has 1 aliphatic rings. The number of aromatic nitrogens is 2. The lowest BCUT2D eigenvalue weighted by Gasteiger charge is -2.17. The number of hydrogen-bond acceptors (Lipinski definition) is 6. The van der Waals surface area contributed by atoms with E-state index in [2.05, 4.69) is 10.1 Å². The highest BCUT2D eigenvalue weighted by Crippen LogP contribution is 2.38. The molecule has 0 aliphatic carbocycles. The molecule has 1 atom stereocenters. The highest BCUT2D eigenvalue weighted by atomic mass is 32.2. The monoisotopic (exact) mass is 292 g/mol. The SMILES string of the molecule is COc1ccc(-c2nc(C3CCCCS3)no2)c(O)c1. The maximum absolute atomic E-state index is 9.98. The van der Waals surface area contributed by atoms with Crippen molar-refractivity contribution in [2.75, 3.05) is 12.9 Å². The Morgan fingerprint density at radius 1 is 1.40 bits per heavy atom. The molecule has 1 fully saturated rings. The van der Waals surface area contributed by atoms with E-state index in [9.17, 15) is 5.11 Å². The van der Waals surface area contributed by atoms with Crippen LogP contribution in [0.5, 0.6) is 11.5 Å². The Balaban J connectivity index is 1.85. The van der Waals surface area contributed by atoms with Gasteiger partial charge in [-0.15, -0.1) is 0 Å². The quantitative estimate of drug-likeness (QED) is 0.935. The van der Waals surface area contributed by atoms with Gasteiger partial charge in [-0.1, -0.05) is 11.6 Å². The van der Waals surface area contributed by atoms with Crippen LogP contribution in [0.15, 0.2) is 22.7 Å². The summed E-state index contributed by atoms with van der Waals surface area (Å²) in [7, 11) is 1.56. The number of phenols is 1. The van der Waals surface area contributed by atoms with E-state index in [0.29, 0.717) is 22.5 Å². The summed E-state index contributed by atoms with van der Waals surface area (Å²) in [5.41, 5.74) is 0.533. The maximum atomic E-state index is 9.98. The van der Waals surface area contributed by atoms with Gasteiger partial charge in [0.25, 0.3) is 5.89 Å². The first-order chi connectivity index (χ1) is 9.78. The van der Waals surface area contributed by atoms with Crippen molar-refractivity contribution in [2.45, 2.75) is 24.5 Å². The van der Waals surface area contributed by atoms with Crippen molar-refractivity contribution in [1.29, 1.82) is 0 Å². The molecule has 2 aromatic rings. The summed E-state index contributed by atoms with van der Waals surface area (Å²) in [5, 5.41) is 14.3. The van der Waals surface area contributed by atoms with Gasteiger partial charge < -0.3 is 14.4 Å². The molecule has 5 nitrogen and oxygen atoms in total. The van der Waals surface area contributed by atoms with Crippen LogP contribution in [0.1, 0.15) is 30.3 Å². The number of ether oxygens (including phenoxy) is 1. The van der Waals surface area contributed by atoms with Crippen molar-refractivity contribution in [3.8, 4) is 23.0 Å². The molecule has 0 saturated carbocycles. The summed E-state index contributed by atoms with van der Waals surface area (Å²) < 4.78 is 10.3. The summed E-state index contributed by atoms with van der Waals surface area (Å²) in [5.74, 6) is 2.89. The van der Waals surface area contributed by atoms with Crippen LogP contribution in [0.25, 0.3) is 11.5 Å². The van der Waals surface area contributed by atoms with E-state index in [1.165, 1.54) is 18.9 Å². The third kappa shape index (κ3) is 2.60. The highest BCUT2D eigenvalue weighted by Gasteiger charge is 2.22. The van der Waals surface area contributed by atoms with Crippen molar-refractivity contribution >= 4 is 11.8 Å². The lowest BCUT2D eigenvalue weighted by molar-refractivity contribution is 0.403. The standard InChI is InChI=1S/C14H16N2O3S/c1-18-9-5-6-10(11(17)8-9)14-15-13(16-19-14)12-4-2-3-7-20-12/h5-6,8,12,17H,2-4,7H2,1H3. The molecule has 2 heterocycles. The smallest absolute Gasteiger partial charge is 0.261 e. The van der Waals surface area contributed by atoms with Gasteiger partial charge in [0.15, 0.2) is 5.82 Å². The van der Waals surface area contributed by atoms with Crippen LogP contribution < -0.4 is 4.74 Å². The Hall–Kier alpha value is -1.69. The minimum Gasteiger partial charge on any atom is -0.507 e. The zero-order valence-corrected chi connectivity index (χ0v) is 12.0. The van der Waals surface area contributed by atoms with Gasteiger partial charge in [-0.05, 0) is 30.7 Å². The molecule has 1 aliphatic heterocycles. The number of hydrogen-bond donors (Lipinski definition) is 1. The van der Waals surface area contributed by atoms with Crippen molar-refractivity contribution in [3.63, 3.8) is 0 Å². The third-order valence-corrected chi connectivity index (χ3v) is 4.72. The van der Waals surface area contributed by atoms with Gasteiger partial charge in [0.05, 0.1) is 17.9 Å². The van der Waals surface area contributed by atoms with E-state index in [1.54, 1.807) is 19.2 Å². The van der Waals surface area contributed by atoms with Crippen LogP contribution in [-0.4, -0.2) is 28.1 Å². The number of rotatable bonds is 3. The van der Waals surface area contributed by atoms with E-state index < -0.39 is 0 Å². The van der Waals surface area contributed by atoms with Gasteiger partial charge >= 0.3 is 0 Å². The number of phenolic OH excluding ortho intramolecular Hbond substituents is 1. The van der Waals surface area contributed by atoms with Crippen LogP contribution in [0, 0.1) is 0 Å². The lowest BCUT2D eigenvalue weighted by atomic mass is 10.1. The average molecular weight is 292 g/mol. The molecule has 106 valence electrons. The fourth-order valence-corrected chi connectivity index (χ4v) is 3.47. The molecular formula is C14H16N2O3S. The normalized spacial score (nSPS) is 18.9. The molecule has 1 unspecified atom stereocenters. The van der Waals surface area contributed by atoms with Crippen LogP contribution in [-0.2, 0) is 0 Å². The number of methoxy groups -OCH3 is 1. The van der Waals surface area contributed by atoms with Crippen molar-refractivity contribution in [1.82, 2.24) is 10.1 Å². The number of benzene rings is 1. The fraction of sp³-hybridized carbons (Fsp3) is 0.429. The van der Waals surface area contributed by atoms with Crippen molar-refractivity contribution in [2.24, 2.45) is 0 Å². The van der Waals surface area contributed by atoms with E-state index in [0.717, 1.165) is 18.0 Å². The third-order valence-electron chi connectivity index (χ3n) is 3.34. The van der Waals surface area contributed by atoms with Gasteiger partial charge in [0.1, 0.15) is 11.5 Å². The van der Waals surface area contributed by atoms with Gasteiger partial charge in [-0.3, -0.25) is 0 Å². The van der Waals surface area contributed by atoms with Crippen molar-refractivity contribution < 1.29 is 14.4 Å². The summed E-state index contributed by atoms with van der Waals surface area (Å²) in [6, 6.07) is 5.02. The highest BCUT2D eigenvalue weighted by molar-refractivity contribution is 7.99. The van der Waals surface area contributed by atoms with Crippen LogP contribution in [0.4, 0.5) is 0 Å². The fourth-order valence-electron chi connectivity index (χ4n) is 2.24. The minimum atomic E-state index is 0.0795. The molecule has 0 amide bonds. The number of nitrogens with zero attached hydrogens (tertiary/aromatic N) is 2. The first kappa shape index (κ1) is 13.3. The molecule has 3 rings (SSSR count). The van der Waals surface area contributed by atoms with Crippen LogP contribution >= 0.6 is 11.8 Å². The summed E-state index contributed by atoms with van der Waals surface area (Å²) in [4.78, 5) is 4.42. The Bertz CT molecular complexity index is 594. The molecule has 20 heavy (non-hydrogen) atoms. The Morgan fingerprint density at radius 2 is 2.30 bits per heavy atom. The van der Waals surface area contributed by atoms with Gasteiger partial charge in [-0.2, -0.15) is 16.7 Å². The zero-order chi connectivity index (χ0) is 13.9.